The number of benzene rings is 9. The Balaban J connectivity index is 1.10. The number of nitrogens with zero attached hydrogens (tertiary/aromatic N) is 4. The van der Waals surface area contributed by atoms with Gasteiger partial charge in [-0.2, -0.15) is 0 Å². The van der Waals surface area contributed by atoms with Crippen molar-refractivity contribution in [2.24, 2.45) is 0 Å². The highest BCUT2D eigenvalue weighted by Gasteiger charge is 2.17. The first-order chi connectivity index (χ1) is 26.8. The number of hydrogen-bond acceptors (Lipinski definition) is 4. The van der Waals surface area contributed by atoms with E-state index >= 15 is 0 Å². The summed E-state index contributed by atoms with van der Waals surface area (Å²) in [6.45, 7) is 0. The monoisotopic (exact) mass is 686 g/mol. The lowest BCUT2D eigenvalue weighted by atomic mass is 9.90. The predicted octanol–water partition coefficient (Wildman–Crippen LogP) is 12.9. The van der Waals surface area contributed by atoms with Crippen LogP contribution in [0.15, 0.2) is 182 Å². The molecule has 2 aromatic heterocycles. The van der Waals surface area contributed by atoms with E-state index in [1.807, 2.05) is 36.4 Å². The Bertz CT molecular complexity index is 3240. The first-order valence-electron chi connectivity index (χ1n) is 18.2. The maximum atomic E-state index is 5.14. The van der Waals surface area contributed by atoms with E-state index in [2.05, 4.69) is 146 Å². The van der Waals surface area contributed by atoms with Gasteiger partial charge in [0.2, 0.25) is 0 Å². The van der Waals surface area contributed by atoms with Crippen LogP contribution < -0.4 is 0 Å². The Morgan fingerprint density at radius 3 is 1.57 bits per heavy atom. The van der Waals surface area contributed by atoms with E-state index in [0.29, 0.717) is 23.2 Å². The molecule has 4 heteroatoms. The maximum Gasteiger partial charge on any atom is 0.182 e. The van der Waals surface area contributed by atoms with Crippen molar-refractivity contribution in [3.05, 3.63) is 182 Å². The standard InChI is InChI=1S/C50H30N4/c1-2-13-32(14-3-1)48-52-49(54-50(53-48)47-29-27-43-34-15-5-4-12-31(34)25-28-46(43)51-47)44-23-11-21-36-35(20-10-22-40(36)44)33-24-26-42-39-18-7-6-16-37(39)38-17-8-9-19-41(38)45(42)30-33/h1-30H. The van der Waals surface area contributed by atoms with Crippen molar-refractivity contribution in [2.75, 3.05) is 0 Å². The first-order valence-corrected chi connectivity index (χ1v) is 18.2. The normalized spacial score (nSPS) is 11.7. The molecule has 0 saturated heterocycles. The molecule has 0 atom stereocenters. The molecule has 9 aromatic carbocycles. The number of aromatic nitrogens is 4. The summed E-state index contributed by atoms with van der Waals surface area (Å²) in [5, 5.41) is 13.3. The highest BCUT2D eigenvalue weighted by Crippen LogP contribution is 2.40. The molecule has 0 aliphatic carbocycles. The second-order valence-electron chi connectivity index (χ2n) is 13.8. The second-order valence-corrected chi connectivity index (χ2v) is 13.8. The van der Waals surface area contributed by atoms with E-state index in [-0.39, 0.29) is 0 Å². The Hall–Kier alpha value is -7.30. The van der Waals surface area contributed by atoms with Gasteiger partial charge in [0.05, 0.1) is 5.52 Å². The van der Waals surface area contributed by atoms with Crippen LogP contribution in [0.5, 0.6) is 0 Å². The summed E-state index contributed by atoms with van der Waals surface area (Å²) in [6, 6.07) is 64.2. The molecule has 0 spiro atoms. The van der Waals surface area contributed by atoms with Gasteiger partial charge in [-0.3, -0.25) is 0 Å². The molecule has 11 aromatic rings. The number of pyridine rings is 1. The molecule has 0 N–H and O–H groups in total. The van der Waals surface area contributed by atoms with Gasteiger partial charge in [-0.1, -0.05) is 158 Å². The lowest BCUT2D eigenvalue weighted by Crippen LogP contribution is -2.01. The second kappa shape index (κ2) is 12.1. The van der Waals surface area contributed by atoms with E-state index < -0.39 is 0 Å². The Kier molecular flexibility index (Phi) is 6.82. The van der Waals surface area contributed by atoms with Crippen molar-refractivity contribution < 1.29 is 0 Å². The largest absolute Gasteiger partial charge is 0.244 e. The molecule has 0 aliphatic rings. The zero-order valence-electron chi connectivity index (χ0n) is 29.1. The number of fused-ring (bicyclic) bond motifs is 10. The fourth-order valence-electron chi connectivity index (χ4n) is 8.17. The highest BCUT2D eigenvalue weighted by molar-refractivity contribution is 6.26. The lowest BCUT2D eigenvalue weighted by molar-refractivity contribution is 1.06. The molecule has 0 bridgehead atoms. The van der Waals surface area contributed by atoms with E-state index in [9.17, 15) is 0 Å². The summed E-state index contributed by atoms with van der Waals surface area (Å²) in [7, 11) is 0. The minimum Gasteiger partial charge on any atom is -0.244 e. The Labute approximate surface area is 311 Å². The van der Waals surface area contributed by atoms with Crippen molar-refractivity contribution in [2.45, 2.75) is 0 Å². The smallest absolute Gasteiger partial charge is 0.182 e. The summed E-state index contributed by atoms with van der Waals surface area (Å²) in [5.41, 5.74) is 5.80. The van der Waals surface area contributed by atoms with Crippen LogP contribution in [0.25, 0.3) is 110 Å². The molecule has 4 nitrogen and oxygen atoms in total. The average molecular weight is 687 g/mol. The minimum absolute atomic E-state index is 0.538. The van der Waals surface area contributed by atoms with Crippen molar-refractivity contribution in [1.82, 2.24) is 19.9 Å². The molecule has 0 saturated carbocycles. The van der Waals surface area contributed by atoms with E-state index in [0.717, 1.165) is 38.4 Å². The van der Waals surface area contributed by atoms with Gasteiger partial charge in [0.1, 0.15) is 5.69 Å². The third-order valence-electron chi connectivity index (χ3n) is 10.7. The van der Waals surface area contributed by atoms with Crippen molar-refractivity contribution in [3.63, 3.8) is 0 Å². The predicted molar refractivity (Wildman–Crippen MR) is 224 cm³/mol. The van der Waals surface area contributed by atoms with Crippen LogP contribution in [0.2, 0.25) is 0 Å². The molecule has 0 unspecified atom stereocenters. The Morgan fingerprint density at radius 1 is 0.259 bits per heavy atom. The summed E-state index contributed by atoms with van der Waals surface area (Å²) < 4.78 is 0. The lowest BCUT2D eigenvalue weighted by Gasteiger charge is -2.14. The van der Waals surface area contributed by atoms with Crippen LogP contribution in [-0.2, 0) is 0 Å². The van der Waals surface area contributed by atoms with Gasteiger partial charge in [0, 0.05) is 16.5 Å². The van der Waals surface area contributed by atoms with Crippen molar-refractivity contribution in [3.8, 4) is 45.4 Å². The quantitative estimate of drug-likeness (QED) is 0.173. The van der Waals surface area contributed by atoms with Crippen LogP contribution >= 0.6 is 0 Å². The third-order valence-corrected chi connectivity index (χ3v) is 10.7. The van der Waals surface area contributed by atoms with Crippen molar-refractivity contribution >= 4 is 64.8 Å². The third kappa shape index (κ3) is 4.85. The summed E-state index contributed by atoms with van der Waals surface area (Å²) in [5.74, 6) is 1.76. The van der Waals surface area contributed by atoms with Gasteiger partial charge in [0.25, 0.3) is 0 Å². The molecule has 0 radical (unpaired) electrons. The first kappa shape index (κ1) is 30.3. The van der Waals surface area contributed by atoms with Gasteiger partial charge < -0.3 is 0 Å². The molecule has 11 rings (SSSR count). The van der Waals surface area contributed by atoms with E-state index in [1.165, 1.54) is 48.7 Å². The molecular weight excluding hydrogens is 657 g/mol. The van der Waals surface area contributed by atoms with Crippen LogP contribution in [0.4, 0.5) is 0 Å². The molecule has 0 fully saturated rings. The molecular formula is C50H30N4. The topological polar surface area (TPSA) is 51.6 Å². The van der Waals surface area contributed by atoms with Crippen LogP contribution in [0, 0.1) is 0 Å². The summed E-state index contributed by atoms with van der Waals surface area (Å²) in [4.78, 5) is 20.3. The Morgan fingerprint density at radius 2 is 0.815 bits per heavy atom. The fourth-order valence-corrected chi connectivity index (χ4v) is 8.17. The molecule has 0 aliphatic heterocycles. The molecule has 54 heavy (non-hydrogen) atoms. The van der Waals surface area contributed by atoms with Crippen LogP contribution in [0.1, 0.15) is 0 Å². The van der Waals surface area contributed by atoms with Gasteiger partial charge in [-0.05, 0) is 89.3 Å². The van der Waals surface area contributed by atoms with Gasteiger partial charge in [0.15, 0.2) is 17.5 Å². The van der Waals surface area contributed by atoms with Crippen LogP contribution in [0.3, 0.4) is 0 Å². The fraction of sp³-hybridized carbons (Fsp3) is 0. The van der Waals surface area contributed by atoms with Gasteiger partial charge >= 0.3 is 0 Å². The summed E-state index contributed by atoms with van der Waals surface area (Å²) >= 11 is 0. The van der Waals surface area contributed by atoms with Crippen LogP contribution in [-0.4, -0.2) is 19.9 Å². The maximum absolute atomic E-state index is 5.14. The molecule has 0 amide bonds. The number of hydrogen-bond donors (Lipinski definition) is 0. The van der Waals surface area contributed by atoms with Gasteiger partial charge in [-0.15, -0.1) is 0 Å². The SMILES string of the molecule is c1ccc(-c2nc(-c3ccc4c(ccc5ccccc54)n3)nc(-c3cccc4c(-c5ccc6c7ccccc7c7ccccc7c6c5)cccc34)n2)cc1. The minimum atomic E-state index is 0.538. The summed E-state index contributed by atoms with van der Waals surface area (Å²) in [6.07, 6.45) is 0. The van der Waals surface area contributed by atoms with Gasteiger partial charge in [-0.25, -0.2) is 19.9 Å². The highest BCUT2D eigenvalue weighted by atomic mass is 15.0. The van der Waals surface area contributed by atoms with E-state index in [4.69, 9.17) is 19.9 Å². The zero-order valence-corrected chi connectivity index (χ0v) is 29.1. The molecule has 2 heterocycles. The average Bonchev–Trinajstić information content (AvgIpc) is 3.25. The van der Waals surface area contributed by atoms with E-state index in [1.54, 1.807) is 0 Å². The number of rotatable bonds is 4. The van der Waals surface area contributed by atoms with Crippen molar-refractivity contribution in [1.29, 1.82) is 0 Å². The molecule has 250 valence electrons. The zero-order chi connectivity index (χ0) is 35.6.